The van der Waals surface area contributed by atoms with Gasteiger partial charge in [-0.15, -0.1) is 0 Å². The lowest BCUT2D eigenvalue weighted by molar-refractivity contribution is -0.126. The molecule has 0 aliphatic rings. The second-order valence-corrected chi connectivity index (χ2v) is 4.97. The van der Waals surface area contributed by atoms with Crippen LogP contribution in [0.3, 0.4) is 0 Å². The van der Waals surface area contributed by atoms with Crippen molar-refractivity contribution in [1.82, 2.24) is 10.7 Å². The van der Waals surface area contributed by atoms with Crippen molar-refractivity contribution in [1.29, 1.82) is 0 Å². The summed E-state index contributed by atoms with van der Waals surface area (Å²) < 4.78 is 5.15. The molecule has 0 saturated carbocycles. The van der Waals surface area contributed by atoms with Crippen LogP contribution in [-0.4, -0.2) is 17.5 Å². The van der Waals surface area contributed by atoms with Crippen LogP contribution < -0.4 is 10.7 Å². The van der Waals surface area contributed by atoms with Crippen LogP contribution in [-0.2, 0) is 16.1 Å². The van der Waals surface area contributed by atoms with Gasteiger partial charge in [0.25, 0.3) is 0 Å². The maximum Gasteiger partial charge on any atom is 0.240 e. The van der Waals surface area contributed by atoms with Crippen molar-refractivity contribution in [2.24, 2.45) is 5.10 Å². The van der Waals surface area contributed by atoms with Crippen LogP contribution in [0.4, 0.5) is 0 Å². The van der Waals surface area contributed by atoms with E-state index in [-0.39, 0.29) is 24.7 Å². The van der Waals surface area contributed by atoms with Crippen molar-refractivity contribution in [2.75, 3.05) is 0 Å². The molecule has 2 rings (SSSR count). The lowest BCUT2D eigenvalue weighted by atomic mass is 10.2. The van der Waals surface area contributed by atoms with Crippen LogP contribution >= 0.6 is 0 Å². The Balaban J connectivity index is 1.67. The number of carbonyl (C=O) groups excluding carboxylic acids is 2. The molecule has 2 amide bonds. The van der Waals surface area contributed by atoms with Crippen LogP contribution in [0.15, 0.2) is 58.2 Å². The van der Waals surface area contributed by atoms with Crippen LogP contribution in [0.5, 0.6) is 0 Å². The van der Waals surface area contributed by atoms with E-state index >= 15 is 0 Å². The number of carbonyl (C=O) groups is 2. The third-order valence-corrected chi connectivity index (χ3v) is 3.14. The minimum atomic E-state index is -0.314. The Morgan fingerprint density at radius 3 is 2.48 bits per heavy atom. The Labute approximate surface area is 134 Å². The van der Waals surface area contributed by atoms with E-state index in [0.29, 0.717) is 18.0 Å². The van der Waals surface area contributed by atoms with E-state index in [0.717, 1.165) is 5.56 Å². The predicted molar refractivity (Wildman–Crippen MR) is 86.6 cm³/mol. The highest BCUT2D eigenvalue weighted by molar-refractivity contribution is 5.96. The number of hydrogen-bond acceptors (Lipinski definition) is 4. The lowest BCUT2D eigenvalue weighted by Crippen LogP contribution is -2.26. The summed E-state index contributed by atoms with van der Waals surface area (Å²) in [5.74, 6) is 0.104. The molecule has 0 aliphatic carbocycles. The summed E-state index contributed by atoms with van der Waals surface area (Å²) in [7, 11) is 0. The first-order valence-electron chi connectivity index (χ1n) is 7.33. The molecule has 0 saturated heterocycles. The molecule has 0 bridgehead atoms. The minimum absolute atomic E-state index is 0.0789. The number of nitrogens with zero attached hydrogens (tertiary/aromatic N) is 1. The molecule has 0 atom stereocenters. The van der Waals surface area contributed by atoms with Gasteiger partial charge >= 0.3 is 0 Å². The molecule has 0 spiro atoms. The number of benzene rings is 1. The van der Waals surface area contributed by atoms with E-state index in [2.05, 4.69) is 15.8 Å². The zero-order valence-corrected chi connectivity index (χ0v) is 12.9. The molecule has 1 aromatic heterocycles. The third kappa shape index (κ3) is 5.78. The molecule has 2 N–H and O–H groups in total. The molecule has 23 heavy (non-hydrogen) atoms. The Morgan fingerprint density at radius 1 is 1.04 bits per heavy atom. The van der Waals surface area contributed by atoms with Gasteiger partial charge in [-0.2, -0.15) is 5.10 Å². The largest absolute Gasteiger partial charge is 0.463 e. The first-order valence-corrected chi connectivity index (χ1v) is 7.33. The van der Waals surface area contributed by atoms with Crippen LogP contribution in [0.1, 0.15) is 31.1 Å². The first kappa shape index (κ1) is 16.5. The predicted octanol–water partition coefficient (Wildman–Crippen LogP) is 2.22. The van der Waals surface area contributed by atoms with E-state index in [1.165, 1.54) is 6.26 Å². The van der Waals surface area contributed by atoms with Crippen molar-refractivity contribution in [3.05, 3.63) is 60.1 Å². The fraction of sp³-hybridized carbons (Fsp3) is 0.235. The van der Waals surface area contributed by atoms with E-state index < -0.39 is 0 Å². The highest BCUT2D eigenvalue weighted by Gasteiger charge is 2.07. The van der Waals surface area contributed by atoms with E-state index in [1.54, 1.807) is 19.1 Å². The molecule has 6 nitrogen and oxygen atoms in total. The van der Waals surface area contributed by atoms with Gasteiger partial charge in [-0.25, -0.2) is 5.43 Å². The van der Waals surface area contributed by atoms with Crippen molar-refractivity contribution < 1.29 is 14.0 Å². The maximum atomic E-state index is 11.7. The summed E-state index contributed by atoms with van der Waals surface area (Å²) in [6.07, 6.45) is 1.73. The van der Waals surface area contributed by atoms with Gasteiger partial charge in [-0.1, -0.05) is 30.3 Å². The third-order valence-electron chi connectivity index (χ3n) is 3.14. The summed E-state index contributed by atoms with van der Waals surface area (Å²) in [5.41, 5.74) is 3.99. The molecular weight excluding hydrogens is 294 g/mol. The standard InChI is InChI=1S/C17H19N3O3/c1-13(15-8-5-11-23-15)19-20-17(22)10-9-16(21)18-12-14-6-3-2-4-7-14/h2-8,11H,9-10,12H2,1H3,(H,18,21)(H,20,22)/b19-13-. The minimum Gasteiger partial charge on any atom is -0.463 e. The highest BCUT2D eigenvalue weighted by atomic mass is 16.3. The Morgan fingerprint density at radius 2 is 1.78 bits per heavy atom. The number of hydrogen-bond donors (Lipinski definition) is 2. The molecule has 0 unspecified atom stereocenters. The first-order chi connectivity index (χ1) is 11.1. The van der Waals surface area contributed by atoms with Crippen molar-refractivity contribution >= 4 is 17.5 Å². The Hall–Kier alpha value is -2.89. The fourth-order valence-electron chi connectivity index (χ4n) is 1.85. The Bertz CT molecular complexity index is 664. The number of nitrogens with one attached hydrogen (secondary N) is 2. The topological polar surface area (TPSA) is 83.7 Å². The molecule has 0 aliphatic heterocycles. The second kappa shape index (κ2) is 8.53. The SMILES string of the molecule is C/C(=N/NC(=O)CCC(=O)NCc1ccccc1)c1ccco1. The van der Waals surface area contributed by atoms with Gasteiger partial charge in [0, 0.05) is 19.4 Å². The molecule has 2 aromatic rings. The molecule has 0 radical (unpaired) electrons. The van der Waals surface area contributed by atoms with Crippen LogP contribution in [0, 0.1) is 0 Å². The maximum absolute atomic E-state index is 11.7. The number of hydrazone groups is 1. The average molecular weight is 313 g/mol. The number of rotatable bonds is 7. The van der Waals surface area contributed by atoms with Crippen LogP contribution in [0.2, 0.25) is 0 Å². The van der Waals surface area contributed by atoms with E-state index in [4.69, 9.17) is 4.42 Å². The van der Waals surface area contributed by atoms with Crippen molar-refractivity contribution in [3.8, 4) is 0 Å². The van der Waals surface area contributed by atoms with Crippen LogP contribution in [0.25, 0.3) is 0 Å². The van der Waals surface area contributed by atoms with E-state index in [1.807, 2.05) is 30.3 Å². The molecule has 1 aromatic carbocycles. The average Bonchev–Trinajstić information content (AvgIpc) is 3.11. The Kier molecular flexibility index (Phi) is 6.11. The summed E-state index contributed by atoms with van der Waals surface area (Å²) in [5, 5.41) is 6.70. The second-order valence-electron chi connectivity index (χ2n) is 4.97. The van der Waals surface area contributed by atoms with Gasteiger partial charge in [-0.3, -0.25) is 9.59 Å². The van der Waals surface area contributed by atoms with Gasteiger partial charge < -0.3 is 9.73 Å². The summed E-state index contributed by atoms with van der Waals surface area (Å²) in [6, 6.07) is 13.1. The van der Waals surface area contributed by atoms with Gasteiger partial charge in [-0.05, 0) is 24.6 Å². The normalized spacial score (nSPS) is 11.1. The van der Waals surface area contributed by atoms with Gasteiger partial charge in [0.15, 0.2) is 0 Å². The lowest BCUT2D eigenvalue weighted by Gasteiger charge is -2.05. The molecule has 1 heterocycles. The monoisotopic (exact) mass is 313 g/mol. The number of furan rings is 1. The summed E-state index contributed by atoms with van der Waals surface area (Å²) in [6.45, 7) is 2.18. The molecule has 6 heteroatoms. The molecular formula is C17H19N3O3. The highest BCUT2D eigenvalue weighted by Crippen LogP contribution is 2.01. The van der Waals surface area contributed by atoms with E-state index in [9.17, 15) is 9.59 Å². The summed E-state index contributed by atoms with van der Waals surface area (Å²) in [4.78, 5) is 23.4. The molecule has 0 fully saturated rings. The molecule has 120 valence electrons. The van der Waals surface area contributed by atoms with Crippen molar-refractivity contribution in [3.63, 3.8) is 0 Å². The van der Waals surface area contributed by atoms with Gasteiger partial charge in [0.1, 0.15) is 11.5 Å². The summed E-state index contributed by atoms with van der Waals surface area (Å²) >= 11 is 0. The van der Waals surface area contributed by atoms with Gasteiger partial charge in [0.2, 0.25) is 11.8 Å². The fourth-order valence-corrected chi connectivity index (χ4v) is 1.85. The van der Waals surface area contributed by atoms with Crippen molar-refractivity contribution in [2.45, 2.75) is 26.3 Å². The zero-order chi connectivity index (χ0) is 16.5. The smallest absolute Gasteiger partial charge is 0.240 e. The zero-order valence-electron chi connectivity index (χ0n) is 12.9. The number of amides is 2. The van der Waals surface area contributed by atoms with Gasteiger partial charge in [0.05, 0.1) is 6.26 Å². The quantitative estimate of drug-likeness (QED) is 0.607.